The zero-order valence-electron chi connectivity index (χ0n) is 15.6. The number of rotatable bonds is 4. The van der Waals surface area contributed by atoms with Gasteiger partial charge in [-0.15, -0.1) is 0 Å². The molecule has 7 heteroatoms. The molecule has 2 aliphatic rings. The molecular formula is C19H27N7. The lowest BCUT2D eigenvalue weighted by Crippen LogP contribution is -2.27. The van der Waals surface area contributed by atoms with Gasteiger partial charge in [-0.3, -0.25) is 0 Å². The van der Waals surface area contributed by atoms with E-state index in [0.29, 0.717) is 6.04 Å². The van der Waals surface area contributed by atoms with Crippen LogP contribution in [0.25, 0.3) is 0 Å². The van der Waals surface area contributed by atoms with Crippen LogP contribution in [0.4, 0.5) is 17.7 Å². The standard InChI is InChI=1S/C19H27N7/c1-14(2)22-17-15-6-12-26(18-20-8-5-9-21-18)13-7-16(15)23-19(24-17)25-10-3-4-11-25/h5,8-9,14H,3-4,6-7,10-13H2,1-2H3,(H,22,23,24). The minimum Gasteiger partial charge on any atom is -0.367 e. The summed E-state index contributed by atoms with van der Waals surface area (Å²) in [6.45, 7) is 8.20. The molecule has 0 aliphatic carbocycles. The van der Waals surface area contributed by atoms with Crippen LogP contribution in [0.1, 0.15) is 37.9 Å². The van der Waals surface area contributed by atoms with Crippen LogP contribution in [0.5, 0.6) is 0 Å². The first-order chi connectivity index (χ1) is 12.7. The highest BCUT2D eigenvalue weighted by atomic mass is 15.3. The molecule has 1 N–H and O–H groups in total. The third-order valence-electron chi connectivity index (χ3n) is 4.98. The van der Waals surface area contributed by atoms with Gasteiger partial charge in [-0.25, -0.2) is 15.0 Å². The number of aromatic nitrogens is 4. The predicted molar refractivity (Wildman–Crippen MR) is 104 cm³/mol. The van der Waals surface area contributed by atoms with Gasteiger partial charge < -0.3 is 15.1 Å². The molecule has 0 unspecified atom stereocenters. The molecule has 2 aromatic heterocycles. The van der Waals surface area contributed by atoms with Crippen LogP contribution in [-0.4, -0.2) is 52.2 Å². The molecule has 0 radical (unpaired) electrons. The van der Waals surface area contributed by atoms with Crippen molar-refractivity contribution in [2.24, 2.45) is 0 Å². The Balaban J connectivity index is 1.64. The van der Waals surface area contributed by atoms with Gasteiger partial charge in [0.25, 0.3) is 0 Å². The number of nitrogens with zero attached hydrogens (tertiary/aromatic N) is 6. The quantitative estimate of drug-likeness (QED) is 0.904. The van der Waals surface area contributed by atoms with E-state index >= 15 is 0 Å². The molecule has 0 saturated carbocycles. The van der Waals surface area contributed by atoms with Crippen LogP contribution >= 0.6 is 0 Å². The maximum Gasteiger partial charge on any atom is 0.227 e. The molecule has 138 valence electrons. The maximum absolute atomic E-state index is 4.96. The minimum atomic E-state index is 0.345. The van der Waals surface area contributed by atoms with Crippen molar-refractivity contribution in [3.05, 3.63) is 29.7 Å². The molecule has 0 bridgehead atoms. The monoisotopic (exact) mass is 353 g/mol. The fourth-order valence-corrected chi connectivity index (χ4v) is 3.69. The van der Waals surface area contributed by atoms with E-state index in [1.807, 2.05) is 6.07 Å². The van der Waals surface area contributed by atoms with Gasteiger partial charge in [-0.2, -0.15) is 4.98 Å². The Bertz CT molecular complexity index is 741. The third-order valence-corrected chi connectivity index (χ3v) is 4.98. The van der Waals surface area contributed by atoms with E-state index in [9.17, 15) is 0 Å². The molecule has 7 nitrogen and oxygen atoms in total. The SMILES string of the molecule is CC(C)Nc1nc(N2CCCC2)nc2c1CCN(c1ncccn1)CC2. The second-order valence-corrected chi connectivity index (χ2v) is 7.33. The van der Waals surface area contributed by atoms with E-state index < -0.39 is 0 Å². The summed E-state index contributed by atoms with van der Waals surface area (Å²) in [6, 6.07) is 2.20. The van der Waals surface area contributed by atoms with E-state index in [4.69, 9.17) is 9.97 Å². The fraction of sp³-hybridized carbons (Fsp3) is 0.579. The summed E-state index contributed by atoms with van der Waals surface area (Å²) in [5.74, 6) is 2.68. The van der Waals surface area contributed by atoms with Crippen molar-refractivity contribution in [3.63, 3.8) is 0 Å². The zero-order valence-corrected chi connectivity index (χ0v) is 15.6. The first kappa shape index (κ1) is 17.0. The summed E-state index contributed by atoms with van der Waals surface area (Å²) >= 11 is 0. The highest BCUT2D eigenvalue weighted by Crippen LogP contribution is 2.27. The van der Waals surface area contributed by atoms with Crippen molar-refractivity contribution in [1.82, 2.24) is 19.9 Å². The normalized spacial score (nSPS) is 17.3. The lowest BCUT2D eigenvalue weighted by atomic mass is 10.1. The first-order valence-corrected chi connectivity index (χ1v) is 9.64. The second-order valence-electron chi connectivity index (χ2n) is 7.33. The van der Waals surface area contributed by atoms with Gasteiger partial charge >= 0.3 is 0 Å². The first-order valence-electron chi connectivity index (χ1n) is 9.64. The Kier molecular flexibility index (Phi) is 4.86. The summed E-state index contributed by atoms with van der Waals surface area (Å²) in [7, 11) is 0. The largest absolute Gasteiger partial charge is 0.367 e. The second kappa shape index (κ2) is 7.43. The van der Waals surface area contributed by atoms with Crippen LogP contribution in [0.3, 0.4) is 0 Å². The van der Waals surface area contributed by atoms with Gasteiger partial charge in [0, 0.05) is 56.6 Å². The fourth-order valence-electron chi connectivity index (χ4n) is 3.69. The van der Waals surface area contributed by atoms with Crippen molar-refractivity contribution in [2.75, 3.05) is 41.3 Å². The van der Waals surface area contributed by atoms with E-state index in [2.05, 4.69) is 38.9 Å². The van der Waals surface area contributed by atoms with Crippen LogP contribution < -0.4 is 15.1 Å². The summed E-state index contributed by atoms with van der Waals surface area (Å²) < 4.78 is 0. The predicted octanol–water partition coefficient (Wildman–Crippen LogP) is 2.29. The van der Waals surface area contributed by atoms with Crippen LogP contribution in [0.15, 0.2) is 18.5 Å². The molecule has 2 aromatic rings. The highest BCUT2D eigenvalue weighted by Gasteiger charge is 2.24. The Labute approximate surface area is 154 Å². The Morgan fingerprint density at radius 2 is 1.58 bits per heavy atom. The molecule has 4 heterocycles. The molecule has 0 spiro atoms. The van der Waals surface area contributed by atoms with Crippen molar-refractivity contribution in [3.8, 4) is 0 Å². The van der Waals surface area contributed by atoms with Crippen LogP contribution in [-0.2, 0) is 12.8 Å². The average Bonchev–Trinajstić information content (AvgIpc) is 3.09. The summed E-state index contributed by atoms with van der Waals surface area (Å²) in [6.07, 6.45) is 7.86. The van der Waals surface area contributed by atoms with Crippen molar-refractivity contribution in [2.45, 2.75) is 45.6 Å². The average molecular weight is 353 g/mol. The van der Waals surface area contributed by atoms with Crippen molar-refractivity contribution in [1.29, 1.82) is 0 Å². The van der Waals surface area contributed by atoms with Crippen LogP contribution in [0.2, 0.25) is 0 Å². The summed E-state index contributed by atoms with van der Waals surface area (Å²) in [4.78, 5) is 23.2. The Hall–Kier alpha value is -2.44. The van der Waals surface area contributed by atoms with E-state index in [1.165, 1.54) is 24.1 Å². The molecular weight excluding hydrogens is 326 g/mol. The topological polar surface area (TPSA) is 70.1 Å². The lowest BCUT2D eigenvalue weighted by molar-refractivity contribution is 0.768. The van der Waals surface area contributed by atoms with Gasteiger partial charge in [0.2, 0.25) is 11.9 Å². The van der Waals surface area contributed by atoms with Gasteiger partial charge in [-0.05, 0) is 39.2 Å². The number of nitrogens with one attached hydrogen (secondary N) is 1. The van der Waals surface area contributed by atoms with E-state index in [0.717, 1.165) is 56.7 Å². The molecule has 0 atom stereocenters. The number of hydrogen-bond donors (Lipinski definition) is 1. The zero-order chi connectivity index (χ0) is 17.9. The van der Waals surface area contributed by atoms with E-state index in [1.54, 1.807) is 12.4 Å². The molecule has 1 fully saturated rings. The maximum atomic E-state index is 4.96. The number of anilines is 3. The number of hydrogen-bond acceptors (Lipinski definition) is 7. The third kappa shape index (κ3) is 3.57. The molecule has 0 amide bonds. The van der Waals surface area contributed by atoms with E-state index in [-0.39, 0.29) is 0 Å². The Morgan fingerprint density at radius 3 is 2.31 bits per heavy atom. The van der Waals surface area contributed by atoms with Crippen LogP contribution in [0, 0.1) is 0 Å². The van der Waals surface area contributed by atoms with Gasteiger partial charge in [0.1, 0.15) is 5.82 Å². The lowest BCUT2D eigenvalue weighted by Gasteiger charge is -2.21. The molecule has 26 heavy (non-hydrogen) atoms. The molecule has 4 rings (SSSR count). The van der Waals surface area contributed by atoms with Gasteiger partial charge in [0.05, 0.1) is 5.69 Å². The summed E-state index contributed by atoms with van der Waals surface area (Å²) in [5.41, 5.74) is 2.42. The van der Waals surface area contributed by atoms with Gasteiger partial charge in [-0.1, -0.05) is 0 Å². The molecule has 1 saturated heterocycles. The number of fused-ring (bicyclic) bond motifs is 1. The Morgan fingerprint density at radius 1 is 0.885 bits per heavy atom. The molecule has 2 aliphatic heterocycles. The van der Waals surface area contributed by atoms with Crippen molar-refractivity contribution >= 4 is 17.7 Å². The van der Waals surface area contributed by atoms with Crippen molar-refractivity contribution < 1.29 is 0 Å². The smallest absolute Gasteiger partial charge is 0.227 e. The molecule has 0 aromatic carbocycles. The van der Waals surface area contributed by atoms with Gasteiger partial charge in [0.15, 0.2) is 0 Å². The minimum absolute atomic E-state index is 0.345. The highest BCUT2D eigenvalue weighted by molar-refractivity contribution is 5.53. The summed E-state index contributed by atoms with van der Waals surface area (Å²) in [5, 5.41) is 3.55.